The van der Waals surface area contributed by atoms with Crippen molar-refractivity contribution in [3.05, 3.63) is 28.2 Å². The maximum Gasteiger partial charge on any atom is 0.0637 e. The molecule has 118 valence electrons. The molecule has 0 saturated carbocycles. The Labute approximate surface area is 135 Å². The topological polar surface area (TPSA) is 44.7 Å². The van der Waals surface area contributed by atoms with E-state index in [-0.39, 0.29) is 12.6 Å². The highest BCUT2D eigenvalue weighted by Crippen LogP contribution is 2.34. The predicted octanol–water partition coefficient (Wildman–Crippen LogP) is 2.39. The first kappa shape index (κ1) is 16.7. The standard InChI is InChI=1S/C16H25BrN2O2/c1-12-5-7-19(16(12)11-20)15-4-3-13(9-14(15)17)10-18-6-8-21-2/h3-4,9,12,16,18,20H,5-8,10-11H2,1-2H3. The molecule has 1 fully saturated rings. The summed E-state index contributed by atoms with van der Waals surface area (Å²) in [5, 5.41) is 12.9. The van der Waals surface area contributed by atoms with E-state index in [1.807, 2.05) is 0 Å². The summed E-state index contributed by atoms with van der Waals surface area (Å²) in [6.07, 6.45) is 1.14. The average Bonchev–Trinajstić information content (AvgIpc) is 2.84. The van der Waals surface area contributed by atoms with Crippen LogP contribution < -0.4 is 10.2 Å². The van der Waals surface area contributed by atoms with Gasteiger partial charge >= 0.3 is 0 Å². The summed E-state index contributed by atoms with van der Waals surface area (Å²) in [5.74, 6) is 0.539. The Bertz CT molecular complexity index is 456. The fraction of sp³-hybridized carbons (Fsp3) is 0.625. The van der Waals surface area contributed by atoms with E-state index >= 15 is 0 Å². The zero-order valence-corrected chi connectivity index (χ0v) is 14.4. The number of aliphatic hydroxyl groups excluding tert-OH is 1. The first-order valence-electron chi connectivity index (χ1n) is 7.53. The molecule has 1 aliphatic heterocycles. The van der Waals surface area contributed by atoms with Crippen molar-refractivity contribution < 1.29 is 9.84 Å². The van der Waals surface area contributed by atoms with Crippen LogP contribution in [-0.2, 0) is 11.3 Å². The highest BCUT2D eigenvalue weighted by atomic mass is 79.9. The first-order valence-corrected chi connectivity index (χ1v) is 8.32. The Morgan fingerprint density at radius 3 is 2.95 bits per heavy atom. The van der Waals surface area contributed by atoms with Crippen LogP contribution in [0.1, 0.15) is 18.9 Å². The van der Waals surface area contributed by atoms with E-state index in [1.165, 1.54) is 11.3 Å². The monoisotopic (exact) mass is 356 g/mol. The number of nitrogens with one attached hydrogen (secondary N) is 1. The van der Waals surface area contributed by atoms with Crippen LogP contribution in [0.15, 0.2) is 22.7 Å². The van der Waals surface area contributed by atoms with Crippen molar-refractivity contribution in [1.29, 1.82) is 0 Å². The number of halogens is 1. The fourth-order valence-electron chi connectivity index (χ4n) is 2.89. The number of benzene rings is 1. The number of nitrogens with zero attached hydrogens (tertiary/aromatic N) is 1. The molecule has 2 N–H and O–H groups in total. The molecule has 0 aliphatic carbocycles. The van der Waals surface area contributed by atoms with Crippen LogP contribution in [0.3, 0.4) is 0 Å². The molecule has 21 heavy (non-hydrogen) atoms. The number of ether oxygens (including phenoxy) is 1. The van der Waals surface area contributed by atoms with Crippen molar-refractivity contribution in [2.45, 2.75) is 25.9 Å². The molecule has 4 nitrogen and oxygen atoms in total. The molecule has 2 atom stereocenters. The molecule has 1 heterocycles. The minimum absolute atomic E-state index is 0.216. The van der Waals surface area contributed by atoms with Gasteiger partial charge in [-0.3, -0.25) is 0 Å². The van der Waals surface area contributed by atoms with Gasteiger partial charge in [-0.15, -0.1) is 0 Å². The molecule has 2 unspecified atom stereocenters. The second-order valence-electron chi connectivity index (χ2n) is 5.66. The summed E-state index contributed by atoms with van der Waals surface area (Å²) >= 11 is 3.68. The van der Waals surface area contributed by atoms with Gasteiger partial charge in [-0.05, 0) is 46.0 Å². The maximum absolute atomic E-state index is 9.60. The Kier molecular flexibility index (Phi) is 6.48. The van der Waals surface area contributed by atoms with E-state index in [2.05, 4.69) is 51.3 Å². The smallest absolute Gasteiger partial charge is 0.0637 e. The summed E-state index contributed by atoms with van der Waals surface area (Å²) < 4.78 is 6.12. The molecular formula is C16H25BrN2O2. The van der Waals surface area contributed by atoms with Crippen LogP contribution in [0.4, 0.5) is 5.69 Å². The van der Waals surface area contributed by atoms with E-state index in [0.29, 0.717) is 5.92 Å². The molecule has 1 aromatic rings. The first-order chi connectivity index (χ1) is 10.2. The Hall–Kier alpha value is -0.620. The second kappa shape index (κ2) is 8.13. The van der Waals surface area contributed by atoms with Gasteiger partial charge in [0, 0.05) is 31.2 Å². The van der Waals surface area contributed by atoms with Crippen molar-refractivity contribution in [3.63, 3.8) is 0 Å². The van der Waals surface area contributed by atoms with Crippen molar-refractivity contribution in [3.8, 4) is 0 Å². The van der Waals surface area contributed by atoms with Gasteiger partial charge < -0.3 is 20.1 Å². The normalized spacial score (nSPS) is 22.0. The van der Waals surface area contributed by atoms with Gasteiger partial charge in [0.15, 0.2) is 0 Å². The minimum atomic E-state index is 0.216. The molecule has 1 aromatic carbocycles. The third-order valence-corrected chi connectivity index (χ3v) is 4.84. The molecule has 1 aliphatic rings. The molecule has 0 bridgehead atoms. The largest absolute Gasteiger partial charge is 0.394 e. The number of hydrogen-bond donors (Lipinski definition) is 2. The van der Waals surface area contributed by atoms with Crippen LogP contribution >= 0.6 is 15.9 Å². The maximum atomic E-state index is 9.60. The number of hydrogen-bond acceptors (Lipinski definition) is 4. The van der Waals surface area contributed by atoms with Crippen LogP contribution in [-0.4, -0.2) is 44.6 Å². The lowest BCUT2D eigenvalue weighted by molar-refractivity contribution is 0.199. The summed E-state index contributed by atoms with van der Waals surface area (Å²) in [6, 6.07) is 6.69. The van der Waals surface area contributed by atoms with E-state index in [1.54, 1.807) is 7.11 Å². The molecule has 2 rings (SSSR count). The van der Waals surface area contributed by atoms with Crippen molar-refractivity contribution >= 4 is 21.6 Å². The SMILES string of the molecule is COCCNCc1ccc(N2CCC(C)C2CO)c(Br)c1. The predicted molar refractivity (Wildman–Crippen MR) is 89.7 cm³/mol. The van der Waals surface area contributed by atoms with E-state index in [0.717, 1.165) is 37.1 Å². The highest BCUT2D eigenvalue weighted by Gasteiger charge is 2.31. The Balaban J connectivity index is 2.02. The molecule has 1 saturated heterocycles. The van der Waals surface area contributed by atoms with Crippen molar-refractivity contribution in [2.24, 2.45) is 5.92 Å². The fourth-order valence-corrected chi connectivity index (χ4v) is 3.54. The van der Waals surface area contributed by atoms with E-state index in [4.69, 9.17) is 4.74 Å². The van der Waals surface area contributed by atoms with E-state index < -0.39 is 0 Å². The van der Waals surface area contributed by atoms with Gasteiger partial charge in [0.25, 0.3) is 0 Å². The number of rotatable bonds is 7. The summed E-state index contributed by atoms with van der Waals surface area (Å²) in [7, 11) is 1.71. The third kappa shape index (κ3) is 4.19. The van der Waals surface area contributed by atoms with Crippen molar-refractivity contribution in [1.82, 2.24) is 5.32 Å². The number of methoxy groups -OCH3 is 1. The third-order valence-electron chi connectivity index (χ3n) is 4.20. The molecule has 5 heteroatoms. The van der Waals surface area contributed by atoms with E-state index in [9.17, 15) is 5.11 Å². The average molecular weight is 357 g/mol. The lowest BCUT2D eigenvalue weighted by atomic mass is 10.0. The lowest BCUT2D eigenvalue weighted by Gasteiger charge is -2.28. The molecule has 0 spiro atoms. The summed E-state index contributed by atoms with van der Waals surface area (Å²) in [4.78, 5) is 2.32. The highest BCUT2D eigenvalue weighted by molar-refractivity contribution is 9.10. The Morgan fingerprint density at radius 1 is 1.48 bits per heavy atom. The van der Waals surface area contributed by atoms with Crippen LogP contribution in [0, 0.1) is 5.92 Å². The minimum Gasteiger partial charge on any atom is -0.394 e. The summed E-state index contributed by atoms with van der Waals surface area (Å²) in [5.41, 5.74) is 2.42. The van der Waals surface area contributed by atoms with Gasteiger partial charge in [0.05, 0.1) is 24.9 Å². The van der Waals surface area contributed by atoms with Crippen molar-refractivity contribution in [2.75, 3.05) is 38.3 Å². The molecule has 0 radical (unpaired) electrons. The molecule has 0 amide bonds. The Morgan fingerprint density at radius 2 is 2.29 bits per heavy atom. The summed E-state index contributed by atoms with van der Waals surface area (Å²) in [6.45, 7) is 5.85. The zero-order valence-electron chi connectivity index (χ0n) is 12.8. The number of aliphatic hydroxyl groups is 1. The van der Waals surface area contributed by atoms with Gasteiger partial charge in [-0.1, -0.05) is 13.0 Å². The quantitative estimate of drug-likeness (QED) is 0.736. The van der Waals surface area contributed by atoms with Gasteiger partial charge in [0.2, 0.25) is 0 Å². The van der Waals surface area contributed by atoms with Gasteiger partial charge in [-0.2, -0.15) is 0 Å². The van der Waals surface area contributed by atoms with Gasteiger partial charge in [-0.25, -0.2) is 0 Å². The van der Waals surface area contributed by atoms with Crippen LogP contribution in [0.2, 0.25) is 0 Å². The second-order valence-corrected chi connectivity index (χ2v) is 6.52. The molecule has 0 aromatic heterocycles. The van der Waals surface area contributed by atoms with Crippen LogP contribution in [0.5, 0.6) is 0 Å². The number of anilines is 1. The van der Waals surface area contributed by atoms with Gasteiger partial charge in [0.1, 0.15) is 0 Å². The molecular weight excluding hydrogens is 332 g/mol. The lowest BCUT2D eigenvalue weighted by Crippen LogP contribution is -2.35. The zero-order chi connectivity index (χ0) is 15.2. The van der Waals surface area contributed by atoms with Crippen LogP contribution in [0.25, 0.3) is 0 Å².